The number of benzene rings is 3. The van der Waals surface area contributed by atoms with Gasteiger partial charge in [-0.3, -0.25) is 0 Å². The maximum absolute atomic E-state index is 13.3. The molecule has 0 aromatic heterocycles. The van der Waals surface area contributed by atoms with Gasteiger partial charge in [0, 0.05) is 13.1 Å². The molecule has 6 nitrogen and oxygen atoms in total. The van der Waals surface area contributed by atoms with Crippen LogP contribution in [-0.4, -0.2) is 37.0 Å². The molecule has 0 unspecified atom stereocenters. The molecule has 0 radical (unpaired) electrons. The van der Waals surface area contributed by atoms with Crippen LogP contribution in [0.1, 0.15) is 11.1 Å². The van der Waals surface area contributed by atoms with E-state index >= 15 is 0 Å². The summed E-state index contributed by atoms with van der Waals surface area (Å²) in [4.78, 5) is 0.0892. The Morgan fingerprint density at radius 3 is 1.90 bits per heavy atom. The fraction of sp³-hybridized carbons (Fsp3) is 0.143. The highest BCUT2D eigenvalue weighted by atomic mass is 32.2. The average Bonchev–Trinajstić information content (AvgIpc) is 2.74. The SMILES string of the molecule is COc1ccc(CN(Cc2ccccc2)S(=O)(=O)c2ccc(B(O)O)cc2)cc1. The van der Waals surface area contributed by atoms with Gasteiger partial charge in [0.25, 0.3) is 0 Å². The lowest BCUT2D eigenvalue weighted by atomic mass is 9.81. The molecule has 29 heavy (non-hydrogen) atoms. The van der Waals surface area contributed by atoms with E-state index in [1.165, 1.54) is 28.6 Å². The highest BCUT2D eigenvalue weighted by Crippen LogP contribution is 2.22. The molecule has 3 aromatic carbocycles. The molecule has 3 aromatic rings. The van der Waals surface area contributed by atoms with Crippen LogP contribution >= 0.6 is 0 Å². The number of ether oxygens (including phenoxy) is 1. The van der Waals surface area contributed by atoms with Gasteiger partial charge in [0.2, 0.25) is 10.0 Å². The quantitative estimate of drug-likeness (QED) is 0.552. The third kappa shape index (κ3) is 5.24. The molecule has 2 N–H and O–H groups in total. The Morgan fingerprint density at radius 2 is 1.38 bits per heavy atom. The van der Waals surface area contributed by atoms with Gasteiger partial charge in [-0.2, -0.15) is 4.31 Å². The van der Waals surface area contributed by atoms with Crippen molar-refractivity contribution >= 4 is 22.6 Å². The summed E-state index contributed by atoms with van der Waals surface area (Å²) < 4.78 is 33.2. The number of nitrogens with zero attached hydrogens (tertiary/aromatic N) is 1. The maximum atomic E-state index is 13.3. The van der Waals surface area contributed by atoms with Crippen molar-refractivity contribution in [2.45, 2.75) is 18.0 Å². The fourth-order valence-corrected chi connectivity index (χ4v) is 4.32. The largest absolute Gasteiger partial charge is 0.497 e. The molecule has 0 fully saturated rings. The Labute approximate surface area is 171 Å². The van der Waals surface area contributed by atoms with Crippen LogP contribution in [0.15, 0.2) is 83.8 Å². The van der Waals surface area contributed by atoms with E-state index in [-0.39, 0.29) is 23.4 Å². The minimum absolute atomic E-state index is 0.0892. The van der Waals surface area contributed by atoms with E-state index in [0.29, 0.717) is 5.75 Å². The van der Waals surface area contributed by atoms with Crippen LogP contribution < -0.4 is 10.2 Å². The lowest BCUT2D eigenvalue weighted by molar-refractivity contribution is 0.399. The predicted molar refractivity (Wildman–Crippen MR) is 112 cm³/mol. The minimum Gasteiger partial charge on any atom is -0.497 e. The minimum atomic E-state index is -3.82. The Balaban J connectivity index is 1.93. The van der Waals surface area contributed by atoms with E-state index in [0.717, 1.165) is 11.1 Å². The zero-order valence-corrected chi connectivity index (χ0v) is 16.8. The monoisotopic (exact) mass is 411 g/mol. The summed E-state index contributed by atoms with van der Waals surface area (Å²) in [5.74, 6) is 0.698. The molecule has 0 bridgehead atoms. The highest BCUT2D eigenvalue weighted by Gasteiger charge is 2.25. The van der Waals surface area contributed by atoms with Crippen LogP contribution in [0.2, 0.25) is 0 Å². The normalized spacial score (nSPS) is 11.4. The Kier molecular flexibility index (Phi) is 6.71. The zero-order chi connectivity index (χ0) is 20.9. The van der Waals surface area contributed by atoms with Crippen LogP contribution in [0.25, 0.3) is 0 Å². The van der Waals surface area contributed by atoms with E-state index in [9.17, 15) is 18.5 Å². The number of hydrogen-bond donors (Lipinski definition) is 2. The topological polar surface area (TPSA) is 87.1 Å². The Bertz CT molecular complexity index is 1020. The Morgan fingerprint density at radius 1 is 0.828 bits per heavy atom. The van der Waals surface area contributed by atoms with Gasteiger partial charge in [-0.1, -0.05) is 54.6 Å². The molecule has 0 saturated heterocycles. The zero-order valence-electron chi connectivity index (χ0n) is 16.0. The molecule has 0 aliphatic rings. The van der Waals surface area contributed by atoms with E-state index in [4.69, 9.17) is 4.74 Å². The fourth-order valence-electron chi connectivity index (χ4n) is 2.91. The second kappa shape index (κ2) is 9.24. The van der Waals surface area contributed by atoms with Gasteiger partial charge < -0.3 is 14.8 Å². The third-order valence-electron chi connectivity index (χ3n) is 4.54. The van der Waals surface area contributed by atoms with Gasteiger partial charge in [0.15, 0.2) is 0 Å². The van der Waals surface area contributed by atoms with Crippen LogP contribution in [0, 0.1) is 0 Å². The van der Waals surface area contributed by atoms with Crippen molar-refractivity contribution in [3.8, 4) is 5.75 Å². The molecular weight excluding hydrogens is 389 g/mol. The van der Waals surface area contributed by atoms with Crippen LogP contribution in [0.4, 0.5) is 0 Å². The van der Waals surface area contributed by atoms with Gasteiger partial charge in [0.1, 0.15) is 5.75 Å². The lowest BCUT2D eigenvalue weighted by Gasteiger charge is -2.23. The van der Waals surface area contributed by atoms with Crippen molar-refractivity contribution in [2.24, 2.45) is 0 Å². The van der Waals surface area contributed by atoms with Gasteiger partial charge in [-0.25, -0.2) is 8.42 Å². The third-order valence-corrected chi connectivity index (χ3v) is 6.34. The standard InChI is InChI=1S/C21H22BNO5S/c1-28-20-11-7-18(8-12-20)16-23(15-17-5-3-2-4-6-17)29(26,27)21-13-9-19(10-14-21)22(24)25/h2-14,24-25H,15-16H2,1H3. The summed E-state index contributed by atoms with van der Waals surface area (Å²) in [6, 6.07) is 22.2. The molecule has 150 valence electrons. The molecule has 0 heterocycles. The highest BCUT2D eigenvalue weighted by molar-refractivity contribution is 7.89. The average molecular weight is 411 g/mol. The van der Waals surface area contributed by atoms with Crippen LogP contribution in [0.3, 0.4) is 0 Å². The maximum Gasteiger partial charge on any atom is 0.488 e. The second-order valence-electron chi connectivity index (χ2n) is 6.55. The lowest BCUT2D eigenvalue weighted by Crippen LogP contribution is -2.32. The van der Waals surface area contributed by atoms with E-state index in [2.05, 4.69) is 0 Å². The van der Waals surface area contributed by atoms with Crippen molar-refractivity contribution < 1.29 is 23.2 Å². The molecule has 0 amide bonds. The summed E-state index contributed by atoms with van der Waals surface area (Å²) in [6.45, 7) is 0.394. The molecular formula is C21H22BNO5S. The predicted octanol–water partition coefficient (Wildman–Crippen LogP) is 1.77. The molecule has 0 aliphatic carbocycles. The first kappa shape index (κ1) is 21.1. The van der Waals surface area contributed by atoms with Gasteiger partial charge >= 0.3 is 7.12 Å². The van der Waals surface area contributed by atoms with Crippen molar-refractivity contribution in [1.82, 2.24) is 4.31 Å². The summed E-state index contributed by atoms with van der Waals surface area (Å²) >= 11 is 0. The molecule has 0 spiro atoms. The van der Waals surface area contributed by atoms with Gasteiger partial charge in [0.05, 0.1) is 12.0 Å². The van der Waals surface area contributed by atoms with E-state index in [1.807, 2.05) is 42.5 Å². The first-order valence-corrected chi connectivity index (χ1v) is 10.5. The number of sulfonamides is 1. The molecule has 3 rings (SSSR count). The van der Waals surface area contributed by atoms with Crippen molar-refractivity contribution in [3.05, 3.63) is 90.0 Å². The number of methoxy groups -OCH3 is 1. The van der Waals surface area contributed by atoms with E-state index < -0.39 is 17.1 Å². The molecule has 0 atom stereocenters. The first-order valence-electron chi connectivity index (χ1n) is 9.03. The molecule has 0 aliphatic heterocycles. The van der Waals surface area contributed by atoms with Crippen LogP contribution in [-0.2, 0) is 23.1 Å². The summed E-state index contributed by atoms with van der Waals surface area (Å²) in [6.07, 6.45) is 0. The van der Waals surface area contributed by atoms with Crippen molar-refractivity contribution in [2.75, 3.05) is 7.11 Å². The Hall–Kier alpha value is -2.65. The van der Waals surface area contributed by atoms with E-state index in [1.54, 1.807) is 19.2 Å². The van der Waals surface area contributed by atoms with Gasteiger partial charge in [-0.15, -0.1) is 0 Å². The first-order chi connectivity index (χ1) is 13.9. The number of rotatable bonds is 8. The number of hydrogen-bond acceptors (Lipinski definition) is 5. The summed E-state index contributed by atoms with van der Waals surface area (Å²) in [7, 11) is -3.89. The van der Waals surface area contributed by atoms with Crippen molar-refractivity contribution in [3.63, 3.8) is 0 Å². The van der Waals surface area contributed by atoms with Crippen molar-refractivity contribution in [1.29, 1.82) is 0 Å². The molecule has 0 saturated carbocycles. The molecule has 8 heteroatoms. The summed E-state index contributed by atoms with van der Waals surface area (Å²) in [5, 5.41) is 18.5. The van der Waals surface area contributed by atoms with Crippen LogP contribution in [0.5, 0.6) is 5.75 Å². The smallest absolute Gasteiger partial charge is 0.488 e. The summed E-state index contributed by atoms with van der Waals surface area (Å²) in [5.41, 5.74) is 1.92. The second-order valence-corrected chi connectivity index (χ2v) is 8.49. The van der Waals surface area contributed by atoms with Gasteiger partial charge in [-0.05, 0) is 40.9 Å².